The first-order chi connectivity index (χ1) is 9.26. The van der Waals surface area contributed by atoms with Gasteiger partial charge in [0, 0.05) is 17.8 Å². The Morgan fingerprint density at radius 3 is 2.74 bits per heavy atom. The Kier molecular flexibility index (Phi) is 4.41. The van der Waals surface area contributed by atoms with Crippen LogP contribution in [0, 0.1) is 5.82 Å². The number of nitrogens with one attached hydrogen (secondary N) is 1. The standard InChI is InChI=1S/C14H16FN3O/c1-3-16-14(10-6-7-17-18-9-10)12-5-4-11(19-2)8-13(12)15/h4-9,14,16H,3H2,1-2H3. The number of nitrogens with zero attached hydrogens (tertiary/aromatic N) is 2. The predicted molar refractivity (Wildman–Crippen MR) is 70.5 cm³/mol. The molecule has 0 saturated carbocycles. The molecule has 2 aromatic rings. The van der Waals surface area contributed by atoms with Gasteiger partial charge in [-0.05, 0) is 24.2 Å². The van der Waals surface area contributed by atoms with E-state index in [0.717, 1.165) is 12.1 Å². The number of halogens is 1. The Balaban J connectivity index is 2.39. The van der Waals surface area contributed by atoms with Gasteiger partial charge >= 0.3 is 0 Å². The third kappa shape index (κ3) is 3.06. The third-order valence-corrected chi connectivity index (χ3v) is 2.87. The molecule has 0 fully saturated rings. The van der Waals surface area contributed by atoms with Crippen molar-refractivity contribution in [3.8, 4) is 5.75 Å². The van der Waals surface area contributed by atoms with Gasteiger partial charge in [0.25, 0.3) is 0 Å². The van der Waals surface area contributed by atoms with E-state index in [1.807, 2.05) is 13.0 Å². The summed E-state index contributed by atoms with van der Waals surface area (Å²) in [7, 11) is 1.52. The van der Waals surface area contributed by atoms with Gasteiger partial charge in [-0.25, -0.2) is 4.39 Å². The van der Waals surface area contributed by atoms with Gasteiger partial charge in [0.05, 0.1) is 19.3 Å². The molecule has 2 rings (SSSR count). The minimum atomic E-state index is -0.304. The number of ether oxygens (including phenoxy) is 1. The van der Waals surface area contributed by atoms with Crippen LogP contribution in [0.25, 0.3) is 0 Å². The second-order valence-corrected chi connectivity index (χ2v) is 4.05. The fraction of sp³-hybridized carbons (Fsp3) is 0.286. The van der Waals surface area contributed by atoms with Crippen LogP contribution in [0.3, 0.4) is 0 Å². The summed E-state index contributed by atoms with van der Waals surface area (Å²) in [5.41, 5.74) is 1.44. The molecular formula is C14H16FN3O. The maximum Gasteiger partial charge on any atom is 0.132 e. The summed E-state index contributed by atoms with van der Waals surface area (Å²) in [6.07, 6.45) is 3.23. The molecule has 0 amide bonds. The van der Waals surface area contributed by atoms with E-state index in [1.54, 1.807) is 24.5 Å². The van der Waals surface area contributed by atoms with Crippen LogP contribution in [0.4, 0.5) is 4.39 Å². The van der Waals surface area contributed by atoms with Gasteiger partial charge < -0.3 is 10.1 Å². The topological polar surface area (TPSA) is 47.0 Å². The van der Waals surface area contributed by atoms with Gasteiger partial charge in [-0.1, -0.05) is 13.0 Å². The molecule has 100 valence electrons. The molecule has 0 aliphatic heterocycles. The Morgan fingerprint density at radius 2 is 2.16 bits per heavy atom. The monoisotopic (exact) mass is 261 g/mol. The average Bonchev–Trinajstić information content (AvgIpc) is 2.46. The molecule has 1 heterocycles. The summed E-state index contributed by atoms with van der Waals surface area (Å²) < 4.78 is 19.2. The van der Waals surface area contributed by atoms with Crippen LogP contribution in [-0.4, -0.2) is 23.9 Å². The lowest BCUT2D eigenvalue weighted by Crippen LogP contribution is -2.23. The fourth-order valence-electron chi connectivity index (χ4n) is 1.95. The lowest BCUT2D eigenvalue weighted by Gasteiger charge is -2.19. The second kappa shape index (κ2) is 6.24. The van der Waals surface area contributed by atoms with E-state index in [1.165, 1.54) is 13.2 Å². The zero-order valence-electron chi connectivity index (χ0n) is 10.9. The first-order valence-electron chi connectivity index (χ1n) is 6.09. The van der Waals surface area contributed by atoms with Crippen molar-refractivity contribution in [3.05, 3.63) is 53.6 Å². The number of rotatable bonds is 5. The Morgan fingerprint density at radius 1 is 1.32 bits per heavy atom. The van der Waals surface area contributed by atoms with Gasteiger partial charge in [0.15, 0.2) is 0 Å². The zero-order chi connectivity index (χ0) is 13.7. The van der Waals surface area contributed by atoms with Crippen molar-refractivity contribution in [2.24, 2.45) is 0 Å². The van der Waals surface area contributed by atoms with E-state index in [4.69, 9.17) is 4.74 Å². The lowest BCUT2D eigenvalue weighted by molar-refractivity contribution is 0.410. The minimum Gasteiger partial charge on any atom is -0.497 e. The van der Waals surface area contributed by atoms with E-state index >= 15 is 0 Å². The molecular weight excluding hydrogens is 245 g/mol. The molecule has 0 radical (unpaired) electrons. The molecule has 0 spiro atoms. The molecule has 5 heteroatoms. The Hall–Kier alpha value is -2.01. The molecule has 1 unspecified atom stereocenters. The number of hydrogen-bond donors (Lipinski definition) is 1. The highest BCUT2D eigenvalue weighted by Crippen LogP contribution is 2.26. The van der Waals surface area contributed by atoms with E-state index in [2.05, 4.69) is 15.5 Å². The highest BCUT2D eigenvalue weighted by atomic mass is 19.1. The van der Waals surface area contributed by atoms with Gasteiger partial charge in [-0.3, -0.25) is 0 Å². The van der Waals surface area contributed by atoms with Crippen LogP contribution in [0.15, 0.2) is 36.7 Å². The first-order valence-corrected chi connectivity index (χ1v) is 6.09. The number of benzene rings is 1. The smallest absolute Gasteiger partial charge is 0.132 e. The number of methoxy groups -OCH3 is 1. The summed E-state index contributed by atoms with van der Waals surface area (Å²) in [6.45, 7) is 2.70. The maximum atomic E-state index is 14.1. The summed E-state index contributed by atoms with van der Waals surface area (Å²) in [4.78, 5) is 0. The van der Waals surface area contributed by atoms with Crippen LogP contribution in [-0.2, 0) is 0 Å². The maximum absolute atomic E-state index is 14.1. The van der Waals surface area contributed by atoms with Gasteiger partial charge in [-0.15, -0.1) is 0 Å². The molecule has 1 aromatic carbocycles. The highest BCUT2D eigenvalue weighted by Gasteiger charge is 2.17. The van der Waals surface area contributed by atoms with Crippen LogP contribution in [0.5, 0.6) is 5.75 Å². The molecule has 1 aromatic heterocycles. The molecule has 0 bridgehead atoms. The minimum absolute atomic E-state index is 0.244. The average molecular weight is 261 g/mol. The largest absolute Gasteiger partial charge is 0.497 e. The van der Waals surface area contributed by atoms with Crippen LogP contribution in [0.2, 0.25) is 0 Å². The van der Waals surface area contributed by atoms with Gasteiger partial charge in [0.1, 0.15) is 11.6 Å². The van der Waals surface area contributed by atoms with Crippen molar-refractivity contribution in [2.45, 2.75) is 13.0 Å². The molecule has 1 atom stereocenters. The quantitative estimate of drug-likeness (QED) is 0.897. The van der Waals surface area contributed by atoms with Gasteiger partial charge in [0.2, 0.25) is 0 Å². The zero-order valence-corrected chi connectivity index (χ0v) is 10.9. The van der Waals surface area contributed by atoms with Crippen molar-refractivity contribution in [1.82, 2.24) is 15.5 Å². The highest BCUT2D eigenvalue weighted by molar-refractivity contribution is 5.35. The van der Waals surface area contributed by atoms with Crippen LogP contribution >= 0.6 is 0 Å². The van der Waals surface area contributed by atoms with E-state index < -0.39 is 0 Å². The van der Waals surface area contributed by atoms with Crippen molar-refractivity contribution in [2.75, 3.05) is 13.7 Å². The van der Waals surface area contributed by atoms with E-state index in [9.17, 15) is 4.39 Å². The van der Waals surface area contributed by atoms with Crippen molar-refractivity contribution < 1.29 is 9.13 Å². The predicted octanol–water partition coefficient (Wildman–Crippen LogP) is 2.32. The van der Waals surface area contributed by atoms with Crippen molar-refractivity contribution >= 4 is 0 Å². The number of aromatic nitrogens is 2. The number of hydrogen-bond acceptors (Lipinski definition) is 4. The van der Waals surface area contributed by atoms with E-state index in [0.29, 0.717) is 11.3 Å². The van der Waals surface area contributed by atoms with Crippen molar-refractivity contribution in [1.29, 1.82) is 0 Å². The second-order valence-electron chi connectivity index (χ2n) is 4.05. The van der Waals surface area contributed by atoms with Gasteiger partial charge in [-0.2, -0.15) is 10.2 Å². The van der Waals surface area contributed by atoms with E-state index in [-0.39, 0.29) is 11.9 Å². The third-order valence-electron chi connectivity index (χ3n) is 2.87. The summed E-state index contributed by atoms with van der Waals surface area (Å²) >= 11 is 0. The molecule has 0 saturated heterocycles. The lowest BCUT2D eigenvalue weighted by atomic mass is 10.00. The van der Waals surface area contributed by atoms with Crippen LogP contribution < -0.4 is 10.1 Å². The molecule has 0 aliphatic carbocycles. The molecule has 0 aliphatic rings. The Bertz CT molecular complexity index is 533. The van der Waals surface area contributed by atoms with Crippen molar-refractivity contribution in [3.63, 3.8) is 0 Å². The first kappa shape index (κ1) is 13.4. The van der Waals surface area contributed by atoms with Crippen LogP contribution in [0.1, 0.15) is 24.1 Å². The summed E-state index contributed by atoms with van der Waals surface area (Å²) in [5, 5.41) is 10.8. The summed E-state index contributed by atoms with van der Waals surface area (Å²) in [5.74, 6) is 0.200. The molecule has 1 N–H and O–H groups in total. The fourth-order valence-corrected chi connectivity index (χ4v) is 1.95. The molecule has 4 nitrogen and oxygen atoms in total. The molecule has 19 heavy (non-hydrogen) atoms. The normalized spacial score (nSPS) is 12.2. The summed E-state index contributed by atoms with van der Waals surface area (Å²) in [6, 6.07) is 6.43. The Labute approximate surface area is 111 Å². The SMILES string of the molecule is CCNC(c1ccnnc1)c1ccc(OC)cc1F.